The van der Waals surface area contributed by atoms with Gasteiger partial charge in [0, 0.05) is 38.6 Å². The fraction of sp³-hybridized carbons (Fsp3) is 0.667. The molecule has 0 radical (unpaired) electrons. The maximum atomic E-state index is 4.31. The molecule has 2 aliphatic rings. The molecule has 1 aromatic rings. The van der Waals surface area contributed by atoms with Gasteiger partial charge in [0.25, 0.3) is 0 Å². The Balaban J connectivity index is 1.63. The Hall–Kier alpha value is -1.16. The van der Waals surface area contributed by atoms with E-state index in [9.17, 15) is 0 Å². The lowest BCUT2D eigenvalue weighted by Crippen LogP contribution is -2.58. The summed E-state index contributed by atoms with van der Waals surface area (Å²) in [4.78, 5) is 13.3. The van der Waals surface area contributed by atoms with Crippen LogP contribution in [0.3, 0.4) is 0 Å². The zero-order valence-electron chi connectivity index (χ0n) is 9.76. The predicted molar refractivity (Wildman–Crippen MR) is 63.4 cm³/mol. The molecular formula is C12H18N4. The van der Waals surface area contributed by atoms with E-state index in [0.717, 1.165) is 19.0 Å². The van der Waals surface area contributed by atoms with Gasteiger partial charge in [0.2, 0.25) is 5.95 Å². The minimum Gasteiger partial charge on any atom is -0.341 e. The van der Waals surface area contributed by atoms with Crippen LogP contribution in [0.15, 0.2) is 18.5 Å². The summed E-state index contributed by atoms with van der Waals surface area (Å²) >= 11 is 0. The number of rotatable bonds is 1. The molecule has 0 aliphatic carbocycles. The largest absolute Gasteiger partial charge is 0.341 e. The molecule has 2 fully saturated rings. The molecule has 0 bridgehead atoms. The van der Waals surface area contributed by atoms with Gasteiger partial charge in [0.1, 0.15) is 0 Å². The van der Waals surface area contributed by atoms with Gasteiger partial charge in [-0.3, -0.25) is 0 Å². The first-order valence-corrected chi connectivity index (χ1v) is 5.98. The number of anilines is 1. The standard InChI is InChI=1S/C12H18N4/c1-15-9-12(10-15)3-7-16(8-4-12)11-13-5-2-6-14-11/h2,5-6H,3-4,7-10H2,1H3. The van der Waals surface area contributed by atoms with Crippen LogP contribution in [0.4, 0.5) is 5.95 Å². The smallest absolute Gasteiger partial charge is 0.225 e. The molecule has 0 atom stereocenters. The molecule has 1 spiro atoms. The van der Waals surface area contributed by atoms with E-state index in [0.29, 0.717) is 5.41 Å². The fourth-order valence-corrected chi connectivity index (χ4v) is 3.05. The van der Waals surface area contributed by atoms with Gasteiger partial charge in [-0.05, 0) is 31.4 Å². The number of hydrogen-bond acceptors (Lipinski definition) is 4. The highest BCUT2D eigenvalue weighted by Crippen LogP contribution is 2.39. The summed E-state index contributed by atoms with van der Waals surface area (Å²) in [6.45, 7) is 4.77. The van der Waals surface area contributed by atoms with E-state index in [1.807, 2.05) is 18.5 Å². The van der Waals surface area contributed by atoms with E-state index in [4.69, 9.17) is 0 Å². The van der Waals surface area contributed by atoms with Crippen LogP contribution < -0.4 is 4.90 Å². The predicted octanol–water partition coefficient (Wildman–Crippen LogP) is 1.01. The van der Waals surface area contributed by atoms with Crippen LogP contribution in [0.5, 0.6) is 0 Å². The second-order valence-electron chi connectivity index (χ2n) is 5.21. The van der Waals surface area contributed by atoms with E-state index >= 15 is 0 Å². The first-order valence-electron chi connectivity index (χ1n) is 5.98. The number of nitrogens with zero attached hydrogens (tertiary/aromatic N) is 4. The van der Waals surface area contributed by atoms with Crippen LogP contribution in [-0.2, 0) is 0 Å². The number of aromatic nitrogens is 2. The SMILES string of the molecule is CN1CC2(CCN(c3ncccn3)CC2)C1. The van der Waals surface area contributed by atoms with E-state index < -0.39 is 0 Å². The Bertz CT molecular complexity index is 349. The van der Waals surface area contributed by atoms with Crippen molar-refractivity contribution < 1.29 is 0 Å². The summed E-state index contributed by atoms with van der Waals surface area (Å²) in [6.07, 6.45) is 6.22. The van der Waals surface area contributed by atoms with Crippen molar-refractivity contribution in [2.75, 3.05) is 38.1 Å². The van der Waals surface area contributed by atoms with Gasteiger partial charge in [-0.15, -0.1) is 0 Å². The van der Waals surface area contributed by atoms with Gasteiger partial charge in [-0.2, -0.15) is 0 Å². The van der Waals surface area contributed by atoms with E-state index in [-0.39, 0.29) is 0 Å². The highest BCUT2D eigenvalue weighted by Gasteiger charge is 2.43. The summed E-state index contributed by atoms with van der Waals surface area (Å²) in [5, 5.41) is 0. The zero-order chi connectivity index (χ0) is 11.0. The molecule has 4 nitrogen and oxygen atoms in total. The molecule has 86 valence electrons. The third-order valence-corrected chi connectivity index (χ3v) is 3.87. The van der Waals surface area contributed by atoms with Crippen molar-refractivity contribution in [1.29, 1.82) is 0 Å². The van der Waals surface area contributed by atoms with Crippen LogP contribution >= 0.6 is 0 Å². The van der Waals surface area contributed by atoms with E-state index in [2.05, 4.69) is 26.8 Å². The van der Waals surface area contributed by atoms with Crippen molar-refractivity contribution in [3.63, 3.8) is 0 Å². The topological polar surface area (TPSA) is 32.3 Å². The second kappa shape index (κ2) is 3.70. The van der Waals surface area contributed by atoms with Crippen LogP contribution in [0.25, 0.3) is 0 Å². The first kappa shape index (κ1) is 10.0. The van der Waals surface area contributed by atoms with Gasteiger partial charge >= 0.3 is 0 Å². The van der Waals surface area contributed by atoms with E-state index in [1.54, 1.807) is 0 Å². The molecule has 0 saturated carbocycles. The minimum absolute atomic E-state index is 0.611. The van der Waals surface area contributed by atoms with Crippen LogP contribution in [-0.4, -0.2) is 48.1 Å². The monoisotopic (exact) mass is 218 g/mol. The van der Waals surface area contributed by atoms with Gasteiger partial charge < -0.3 is 9.80 Å². The lowest BCUT2D eigenvalue weighted by atomic mass is 9.72. The molecule has 3 heterocycles. The fourth-order valence-electron chi connectivity index (χ4n) is 3.05. The van der Waals surface area contributed by atoms with Gasteiger partial charge in [0.05, 0.1) is 0 Å². The van der Waals surface area contributed by atoms with Crippen molar-refractivity contribution in [2.45, 2.75) is 12.8 Å². The Morgan fingerprint density at radius 1 is 1.12 bits per heavy atom. The maximum Gasteiger partial charge on any atom is 0.225 e. The minimum atomic E-state index is 0.611. The number of piperidine rings is 1. The Morgan fingerprint density at radius 3 is 2.31 bits per heavy atom. The van der Waals surface area contributed by atoms with Crippen molar-refractivity contribution in [3.05, 3.63) is 18.5 Å². The Kier molecular flexibility index (Phi) is 2.32. The molecule has 0 aromatic carbocycles. The van der Waals surface area contributed by atoms with Crippen molar-refractivity contribution in [3.8, 4) is 0 Å². The normalized spacial score (nSPS) is 24.4. The highest BCUT2D eigenvalue weighted by atomic mass is 15.3. The first-order chi connectivity index (χ1) is 7.77. The number of hydrogen-bond donors (Lipinski definition) is 0. The van der Waals surface area contributed by atoms with E-state index in [1.165, 1.54) is 25.9 Å². The summed E-state index contributed by atoms with van der Waals surface area (Å²) < 4.78 is 0. The van der Waals surface area contributed by atoms with Gasteiger partial charge in [0.15, 0.2) is 0 Å². The molecule has 0 N–H and O–H groups in total. The zero-order valence-corrected chi connectivity index (χ0v) is 9.76. The van der Waals surface area contributed by atoms with Gasteiger partial charge in [-0.1, -0.05) is 0 Å². The van der Waals surface area contributed by atoms with Crippen molar-refractivity contribution >= 4 is 5.95 Å². The highest BCUT2D eigenvalue weighted by molar-refractivity contribution is 5.29. The van der Waals surface area contributed by atoms with Crippen molar-refractivity contribution in [2.24, 2.45) is 5.41 Å². The summed E-state index contributed by atoms with van der Waals surface area (Å²) in [5.74, 6) is 0.894. The third-order valence-electron chi connectivity index (χ3n) is 3.87. The second-order valence-corrected chi connectivity index (χ2v) is 5.21. The lowest BCUT2D eigenvalue weighted by Gasteiger charge is -2.52. The molecule has 0 unspecified atom stereocenters. The summed E-state index contributed by atoms with van der Waals surface area (Å²) in [5.41, 5.74) is 0.611. The molecule has 2 saturated heterocycles. The molecule has 3 rings (SSSR count). The van der Waals surface area contributed by atoms with Crippen LogP contribution in [0, 0.1) is 5.41 Å². The third kappa shape index (κ3) is 1.67. The Morgan fingerprint density at radius 2 is 1.75 bits per heavy atom. The quantitative estimate of drug-likeness (QED) is 0.704. The van der Waals surface area contributed by atoms with Crippen LogP contribution in [0.2, 0.25) is 0 Å². The Labute approximate surface area is 96.3 Å². The maximum absolute atomic E-state index is 4.31. The molecule has 16 heavy (non-hydrogen) atoms. The average molecular weight is 218 g/mol. The lowest BCUT2D eigenvalue weighted by molar-refractivity contribution is 0.00111. The summed E-state index contributed by atoms with van der Waals surface area (Å²) in [7, 11) is 2.21. The van der Waals surface area contributed by atoms with Gasteiger partial charge in [-0.25, -0.2) is 9.97 Å². The molecule has 1 aromatic heterocycles. The summed E-state index contributed by atoms with van der Waals surface area (Å²) in [6, 6.07) is 1.87. The molecule has 2 aliphatic heterocycles. The molecule has 0 amide bonds. The molecule has 4 heteroatoms. The number of likely N-dealkylation sites (tertiary alicyclic amines) is 1. The van der Waals surface area contributed by atoms with Crippen molar-refractivity contribution in [1.82, 2.24) is 14.9 Å². The van der Waals surface area contributed by atoms with Crippen LogP contribution in [0.1, 0.15) is 12.8 Å². The average Bonchev–Trinajstić information content (AvgIpc) is 2.29. The molecular weight excluding hydrogens is 200 g/mol.